The van der Waals surface area contributed by atoms with Gasteiger partial charge in [-0.15, -0.1) is 0 Å². The van der Waals surface area contributed by atoms with Gasteiger partial charge in [-0.2, -0.15) is 0 Å². The van der Waals surface area contributed by atoms with E-state index in [1.54, 1.807) is 30.0 Å². The summed E-state index contributed by atoms with van der Waals surface area (Å²) in [5.41, 5.74) is 4.02. The van der Waals surface area contributed by atoms with Gasteiger partial charge in [-0.3, -0.25) is 19.3 Å². The maximum atomic E-state index is 13.6. The van der Waals surface area contributed by atoms with Crippen LogP contribution in [0, 0.1) is 12.8 Å². The molecule has 7 heteroatoms. The molecule has 0 bridgehead atoms. The number of para-hydroxylation sites is 3. The van der Waals surface area contributed by atoms with Crippen LogP contribution in [0.15, 0.2) is 42.5 Å². The van der Waals surface area contributed by atoms with Gasteiger partial charge in [-0.1, -0.05) is 44.2 Å². The van der Waals surface area contributed by atoms with Crippen LogP contribution in [0.2, 0.25) is 0 Å². The molecule has 32 heavy (non-hydrogen) atoms. The Balaban J connectivity index is 2.01. The van der Waals surface area contributed by atoms with Crippen molar-refractivity contribution in [1.29, 1.82) is 0 Å². The molecule has 0 N–H and O–H groups in total. The molecule has 1 aliphatic heterocycles. The second-order valence-electron chi connectivity index (χ2n) is 7.95. The summed E-state index contributed by atoms with van der Waals surface area (Å²) in [6.45, 7) is 8.37. The molecule has 0 saturated carbocycles. The quantitative estimate of drug-likeness (QED) is 0.468. The number of ether oxygens (including phenoxy) is 1. The number of anilines is 3. The van der Waals surface area contributed by atoms with Crippen LogP contribution in [0.4, 0.5) is 17.1 Å². The molecule has 2 aromatic rings. The molecule has 1 heterocycles. The number of aryl methyl sites for hydroxylation is 2. The topological polar surface area (TPSA) is 70.2 Å². The Hall–Kier alpha value is -3.19. The van der Waals surface area contributed by atoms with Gasteiger partial charge < -0.3 is 14.5 Å². The fourth-order valence-corrected chi connectivity index (χ4v) is 4.11. The summed E-state index contributed by atoms with van der Waals surface area (Å²) >= 11 is 0. The third-order valence-corrected chi connectivity index (χ3v) is 5.76. The van der Waals surface area contributed by atoms with Gasteiger partial charge in [-0.25, -0.2) is 0 Å². The van der Waals surface area contributed by atoms with E-state index in [1.807, 2.05) is 45.0 Å². The van der Waals surface area contributed by atoms with Crippen molar-refractivity contribution in [3.05, 3.63) is 53.6 Å². The predicted octanol–water partition coefficient (Wildman–Crippen LogP) is 3.53. The van der Waals surface area contributed by atoms with Gasteiger partial charge in [0.25, 0.3) is 0 Å². The lowest BCUT2D eigenvalue weighted by molar-refractivity contribution is -0.124. The van der Waals surface area contributed by atoms with Crippen molar-refractivity contribution in [3.63, 3.8) is 0 Å². The van der Waals surface area contributed by atoms with E-state index in [4.69, 9.17) is 4.74 Å². The number of amides is 3. The van der Waals surface area contributed by atoms with E-state index < -0.39 is 5.92 Å². The Morgan fingerprint density at radius 3 is 2.53 bits per heavy atom. The number of benzene rings is 2. The smallest absolute Gasteiger partial charge is 0.248 e. The maximum absolute atomic E-state index is 13.6. The van der Waals surface area contributed by atoms with E-state index in [0.29, 0.717) is 18.0 Å². The molecule has 1 atom stereocenters. The highest BCUT2D eigenvalue weighted by molar-refractivity contribution is 6.08. The molecule has 7 nitrogen and oxygen atoms in total. The highest BCUT2D eigenvalue weighted by Gasteiger charge is 2.33. The highest BCUT2D eigenvalue weighted by atomic mass is 16.5. The number of carbonyl (C=O) groups excluding carboxylic acids is 3. The summed E-state index contributed by atoms with van der Waals surface area (Å²) in [7, 11) is 0. The van der Waals surface area contributed by atoms with Crippen LogP contribution < -0.4 is 14.7 Å². The number of carbonyl (C=O) groups is 3. The zero-order chi connectivity index (χ0) is 23.3. The van der Waals surface area contributed by atoms with Gasteiger partial charge in [0.05, 0.1) is 23.0 Å². The number of fused-ring (bicyclic) bond motifs is 1. The number of nitrogens with zero attached hydrogens (tertiary/aromatic N) is 3. The highest BCUT2D eigenvalue weighted by Crippen LogP contribution is 2.34. The zero-order valence-electron chi connectivity index (χ0n) is 19.2. The minimum Gasteiger partial charge on any atom is -0.361 e. The first-order chi connectivity index (χ1) is 15.4. The molecule has 170 valence electrons. The standard InChI is InChI=1S/C25H31N3O4/c1-5-20-11-9-10-18(3)24(20)28(17-32-6-2)23(30)15-27-22-13-8-7-12-21(22)26(16-29)14-19(4)25(27)31/h7-13,16,19H,5-6,14-15,17H2,1-4H3. The van der Waals surface area contributed by atoms with Crippen molar-refractivity contribution in [2.75, 3.05) is 41.1 Å². The van der Waals surface area contributed by atoms with E-state index in [0.717, 1.165) is 29.6 Å². The summed E-state index contributed by atoms with van der Waals surface area (Å²) in [5.74, 6) is -0.866. The van der Waals surface area contributed by atoms with Crippen molar-refractivity contribution in [2.24, 2.45) is 5.92 Å². The maximum Gasteiger partial charge on any atom is 0.248 e. The van der Waals surface area contributed by atoms with E-state index >= 15 is 0 Å². The molecule has 0 spiro atoms. The van der Waals surface area contributed by atoms with Crippen molar-refractivity contribution >= 4 is 35.3 Å². The molecule has 1 aliphatic rings. The van der Waals surface area contributed by atoms with Crippen molar-refractivity contribution < 1.29 is 19.1 Å². The molecule has 1 unspecified atom stereocenters. The SMILES string of the molecule is CCOCN(C(=O)CN1C(=O)C(C)CN(C=O)c2ccccc21)c1c(C)cccc1CC. The van der Waals surface area contributed by atoms with Crippen LogP contribution in [0.1, 0.15) is 31.9 Å². The van der Waals surface area contributed by atoms with Crippen LogP contribution in [0.3, 0.4) is 0 Å². The molecule has 3 amide bonds. The summed E-state index contributed by atoms with van der Waals surface area (Å²) < 4.78 is 5.64. The van der Waals surface area contributed by atoms with Gasteiger partial charge in [0.1, 0.15) is 13.3 Å². The lowest BCUT2D eigenvalue weighted by Gasteiger charge is -2.30. The van der Waals surface area contributed by atoms with Crippen molar-refractivity contribution in [3.8, 4) is 0 Å². The van der Waals surface area contributed by atoms with Crippen LogP contribution in [-0.2, 0) is 25.5 Å². The van der Waals surface area contributed by atoms with Crippen LogP contribution in [0.25, 0.3) is 0 Å². The first-order valence-corrected chi connectivity index (χ1v) is 11.0. The average Bonchev–Trinajstić information content (AvgIpc) is 2.90. The zero-order valence-corrected chi connectivity index (χ0v) is 19.2. The van der Waals surface area contributed by atoms with Crippen LogP contribution >= 0.6 is 0 Å². The third kappa shape index (κ3) is 4.67. The molecule has 0 aromatic heterocycles. The molecule has 3 rings (SSSR count). The van der Waals surface area contributed by atoms with Gasteiger partial charge in [0.15, 0.2) is 0 Å². The Bertz CT molecular complexity index is 991. The Kier molecular flexibility index (Phi) is 7.64. The van der Waals surface area contributed by atoms with Crippen LogP contribution in [0.5, 0.6) is 0 Å². The first kappa shape index (κ1) is 23.5. The largest absolute Gasteiger partial charge is 0.361 e. The van der Waals surface area contributed by atoms with E-state index in [1.165, 1.54) is 9.80 Å². The van der Waals surface area contributed by atoms with E-state index in [9.17, 15) is 14.4 Å². The summed E-state index contributed by atoms with van der Waals surface area (Å²) in [6, 6.07) is 13.1. The number of hydrogen-bond acceptors (Lipinski definition) is 4. The lowest BCUT2D eigenvalue weighted by atomic mass is 10.0. The molecular formula is C25H31N3O4. The summed E-state index contributed by atoms with van der Waals surface area (Å²) in [6.07, 6.45) is 1.50. The summed E-state index contributed by atoms with van der Waals surface area (Å²) in [5, 5.41) is 0. The molecular weight excluding hydrogens is 406 g/mol. The van der Waals surface area contributed by atoms with Gasteiger partial charge >= 0.3 is 0 Å². The van der Waals surface area contributed by atoms with E-state index in [2.05, 4.69) is 0 Å². The molecule has 0 radical (unpaired) electrons. The molecule has 0 fully saturated rings. The van der Waals surface area contributed by atoms with Crippen LogP contribution in [-0.4, -0.2) is 44.7 Å². The van der Waals surface area contributed by atoms with Crippen molar-refractivity contribution in [2.45, 2.75) is 34.1 Å². The number of rotatable bonds is 8. The minimum atomic E-state index is -0.439. The first-order valence-electron chi connectivity index (χ1n) is 11.0. The summed E-state index contributed by atoms with van der Waals surface area (Å²) in [4.78, 5) is 43.2. The normalized spacial score (nSPS) is 15.9. The Morgan fingerprint density at radius 1 is 1.16 bits per heavy atom. The fourth-order valence-electron chi connectivity index (χ4n) is 4.11. The Morgan fingerprint density at radius 2 is 1.88 bits per heavy atom. The predicted molar refractivity (Wildman–Crippen MR) is 126 cm³/mol. The second-order valence-corrected chi connectivity index (χ2v) is 7.95. The Labute approximate surface area is 189 Å². The third-order valence-electron chi connectivity index (χ3n) is 5.76. The van der Waals surface area contributed by atoms with Gasteiger partial charge in [0, 0.05) is 13.2 Å². The van der Waals surface area contributed by atoms with Gasteiger partial charge in [-0.05, 0) is 43.5 Å². The van der Waals surface area contributed by atoms with E-state index in [-0.39, 0.29) is 31.6 Å². The van der Waals surface area contributed by atoms with Gasteiger partial charge in [0.2, 0.25) is 18.2 Å². The number of hydrogen-bond donors (Lipinski definition) is 0. The minimum absolute atomic E-state index is 0.104. The molecule has 0 aliphatic carbocycles. The fraction of sp³-hybridized carbons (Fsp3) is 0.400. The monoisotopic (exact) mass is 437 g/mol. The lowest BCUT2D eigenvalue weighted by Crippen LogP contribution is -2.46. The van der Waals surface area contributed by atoms with Crippen molar-refractivity contribution in [1.82, 2.24) is 0 Å². The second kappa shape index (κ2) is 10.4. The molecule has 2 aromatic carbocycles. The average molecular weight is 438 g/mol. The molecule has 0 saturated heterocycles.